The van der Waals surface area contributed by atoms with Crippen LogP contribution in [0.25, 0.3) is 0 Å². The Kier molecular flexibility index (Phi) is 7.35. The van der Waals surface area contributed by atoms with Crippen molar-refractivity contribution in [3.05, 3.63) is 65.2 Å². The molecule has 0 aliphatic heterocycles. The lowest BCUT2D eigenvalue weighted by molar-refractivity contribution is -0.139. The third-order valence-electron chi connectivity index (χ3n) is 3.33. The maximum atomic E-state index is 11.9. The molecule has 0 saturated heterocycles. The summed E-state index contributed by atoms with van der Waals surface area (Å²) in [5.41, 5.74) is 3.29. The molecule has 0 fully saturated rings. The average molecular weight is 359 g/mol. The van der Waals surface area contributed by atoms with E-state index in [4.69, 9.17) is 9.84 Å². The number of hydrogen-bond donors (Lipinski definition) is 2. The lowest BCUT2D eigenvalue weighted by Crippen LogP contribution is -2.24. The van der Waals surface area contributed by atoms with Crippen LogP contribution < -0.4 is 10.1 Å². The zero-order valence-electron chi connectivity index (χ0n) is 14.0. The Hall–Kier alpha value is -2.47. The van der Waals surface area contributed by atoms with Gasteiger partial charge >= 0.3 is 5.97 Å². The lowest BCUT2D eigenvalue weighted by Gasteiger charge is -2.08. The molecule has 0 aliphatic rings. The molecule has 2 aromatic carbocycles. The molecule has 6 heteroatoms. The van der Waals surface area contributed by atoms with Crippen molar-refractivity contribution in [2.24, 2.45) is 0 Å². The van der Waals surface area contributed by atoms with Gasteiger partial charge in [0.1, 0.15) is 5.75 Å². The fourth-order valence-electron chi connectivity index (χ4n) is 2.21. The van der Waals surface area contributed by atoms with Crippen molar-refractivity contribution in [3.63, 3.8) is 0 Å². The van der Waals surface area contributed by atoms with Gasteiger partial charge in [-0.3, -0.25) is 4.79 Å². The molecule has 0 aromatic heterocycles. The molecule has 0 heterocycles. The van der Waals surface area contributed by atoms with E-state index in [1.54, 1.807) is 30.0 Å². The topological polar surface area (TPSA) is 75.6 Å². The van der Waals surface area contributed by atoms with Crippen LogP contribution in [0, 0.1) is 6.92 Å². The summed E-state index contributed by atoms with van der Waals surface area (Å²) in [6.07, 6.45) is 0. The van der Waals surface area contributed by atoms with Crippen molar-refractivity contribution in [2.45, 2.75) is 19.2 Å². The normalized spacial score (nSPS) is 10.3. The molecule has 0 aliphatic carbocycles. The second-order valence-corrected chi connectivity index (χ2v) is 6.57. The van der Waals surface area contributed by atoms with Crippen LogP contribution in [0.1, 0.15) is 16.7 Å². The minimum atomic E-state index is -1.02. The summed E-state index contributed by atoms with van der Waals surface area (Å²) in [5.74, 6) is 0.610. The van der Waals surface area contributed by atoms with Gasteiger partial charge in [-0.05, 0) is 30.2 Å². The van der Waals surface area contributed by atoms with Crippen molar-refractivity contribution >= 4 is 23.6 Å². The van der Waals surface area contributed by atoms with Crippen molar-refractivity contribution < 1.29 is 19.4 Å². The number of thioether (sulfide) groups is 1. The predicted octanol–water partition coefficient (Wildman–Crippen LogP) is 3.01. The van der Waals surface area contributed by atoms with Gasteiger partial charge < -0.3 is 15.2 Å². The summed E-state index contributed by atoms with van der Waals surface area (Å²) < 4.78 is 5.12. The third-order valence-corrected chi connectivity index (χ3v) is 4.34. The smallest absolute Gasteiger partial charge is 0.341 e. The predicted molar refractivity (Wildman–Crippen MR) is 98.8 cm³/mol. The minimum absolute atomic E-state index is 0.0329. The van der Waals surface area contributed by atoms with Crippen LogP contribution in [0.3, 0.4) is 0 Å². The van der Waals surface area contributed by atoms with Crippen molar-refractivity contribution in [2.75, 3.05) is 12.4 Å². The monoisotopic (exact) mass is 359 g/mol. The van der Waals surface area contributed by atoms with Crippen LogP contribution >= 0.6 is 11.8 Å². The summed E-state index contributed by atoms with van der Waals surface area (Å²) in [6, 6.07) is 15.3. The van der Waals surface area contributed by atoms with Crippen molar-refractivity contribution in [3.8, 4) is 5.75 Å². The largest absolute Gasteiger partial charge is 0.482 e. The van der Waals surface area contributed by atoms with Gasteiger partial charge in [0.15, 0.2) is 6.61 Å². The molecule has 2 N–H and O–H groups in total. The molecule has 5 nitrogen and oxygen atoms in total. The van der Waals surface area contributed by atoms with Crippen LogP contribution in [0.2, 0.25) is 0 Å². The Morgan fingerprint density at radius 3 is 2.64 bits per heavy atom. The number of carbonyl (C=O) groups excluding carboxylic acids is 1. The Morgan fingerprint density at radius 1 is 1.12 bits per heavy atom. The van der Waals surface area contributed by atoms with Crippen molar-refractivity contribution in [1.29, 1.82) is 0 Å². The van der Waals surface area contributed by atoms with Crippen LogP contribution in [-0.2, 0) is 21.9 Å². The third kappa shape index (κ3) is 7.30. The number of carboxylic acid groups (broad SMARTS) is 1. The first-order chi connectivity index (χ1) is 12.0. The number of aliphatic carboxylic acids is 1. The van der Waals surface area contributed by atoms with Crippen LogP contribution in [0.15, 0.2) is 48.5 Å². The second-order valence-electron chi connectivity index (χ2n) is 5.59. The average Bonchev–Trinajstić information content (AvgIpc) is 2.59. The van der Waals surface area contributed by atoms with E-state index in [1.165, 1.54) is 11.1 Å². The number of benzene rings is 2. The van der Waals surface area contributed by atoms with Gasteiger partial charge in [0.2, 0.25) is 5.91 Å². The zero-order chi connectivity index (χ0) is 18.1. The maximum absolute atomic E-state index is 11.9. The Morgan fingerprint density at radius 2 is 1.88 bits per heavy atom. The first kappa shape index (κ1) is 18.9. The number of hydrogen-bond acceptors (Lipinski definition) is 4. The van der Waals surface area contributed by atoms with E-state index < -0.39 is 5.97 Å². The van der Waals surface area contributed by atoms with Gasteiger partial charge in [-0.25, -0.2) is 4.79 Å². The Bertz CT molecular complexity index is 733. The molecule has 2 aromatic rings. The first-order valence-electron chi connectivity index (χ1n) is 7.86. The minimum Gasteiger partial charge on any atom is -0.482 e. The SMILES string of the molecule is Cc1cccc(CSCC(=O)NCc2cccc(OCC(=O)O)c2)c1. The van der Waals surface area contributed by atoms with E-state index in [1.807, 2.05) is 12.1 Å². The van der Waals surface area contributed by atoms with E-state index in [0.717, 1.165) is 11.3 Å². The van der Waals surface area contributed by atoms with E-state index in [-0.39, 0.29) is 12.5 Å². The summed E-state index contributed by atoms with van der Waals surface area (Å²) in [5, 5.41) is 11.5. The van der Waals surface area contributed by atoms with Gasteiger partial charge in [0.05, 0.1) is 5.75 Å². The van der Waals surface area contributed by atoms with E-state index >= 15 is 0 Å². The Labute approximate surface area is 151 Å². The van der Waals surface area contributed by atoms with Crippen LogP contribution in [0.5, 0.6) is 5.75 Å². The molecule has 0 atom stereocenters. The molecule has 1 amide bonds. The quantitative estimate of drug-likeness (QED) is 0.720. The van der Waals surface area contributed by atoms with Crippen molar-refractivity contribution in [1.82, 2.24) is 5.32 Å². The summed E-state index contributed by atoms with van der Waals surface area (Å²) in [7, 11) is 0. The van der Waals surface area contributed by atoms with Gasteiger partial charge in [-0.2, -0.15) is 0 Å². The molecular weight excluding hydrogens is 338 g/mol. The number of carbonyl (C=O) groups is 2. The molecule has 2 rings (SSSR count). The molecule has 25 heavy (non-hydrogen) atoms. The number of amides is 1. The summed E-state index contributed by atoms with van der Waals surface area (Å²) >= 11 is 1.57. The summed E-state index contributed by atoms with van der Waals surface area (Å²) in [4.78, 5) is 22.4. The molecule has 0 spiro atoms. The number of carboxylic acids is 1. The molecule has 0 radical (unpaired) electrons. The maximum Gasteiger partial charge on any atom is 0.341 e. The van der Waals surface area contributed by atoms with E-state index in [2.05, 4.69) is 30.4 Å². The highest BCUT2D eigenvalue weighted by atomic mass is 32.2. The first-order valence-corrected chi connectivity index (χ1v) is 9.02. The molecule has 0 bridgehead atoms. The highest BCUT2D eigenvalue weighted by Crippen LogP contribution is 2.14. The highest BCUT2D eigenvalue weighted by Gasteiger charge is 2.04. The standard InChI is InChI=1S/C19H21NO4S/c1-14-4-2-6-16(8-14)12-25-13-18(21)20-10-15-5-3-7-17(9-15)24-11-19(22)23/h2-9H,10-13H2,1H3,(H,20,21)(H,22,23). The van der Waals surface area contributed by atoms with E-state index in [9.17, 15) is 9.59 Å². The molecule has 132 valence electrons. The number of nitrogens with one attached hydrogen (secondary N) is 1. The number of aryl methyl sites for hydroxylation is 1. The number of rotatable bonds is 9. The molecule has 0 saturated carbocycles. The summed E-state index contributed by atoms with van der Waals surface area (Å²) in [6.45, 7) is 2.05. The lowest BCUT2D eigenvalue weighted by atomic mass is 10.2. The highest BCUT2D eigenvalue weighted by molar-refractivity contribution is 7.99. The second kappa shape index (κ2) is 9.74. The van der Waals surface area contributed by atoms with Gasteiger partial charge in [0, 0.05) is 12.3 Å². The fraction of sp³-hybridized carbons (Fsp3) is 0.263. The Balaban J connectivity index is 1.72. The zero-order valence-corrected chi connectivity index (χ0v) is 14.8. The van der Waals surface area contributed by atoms with Crippen LogP contribution in [-0.4, -0.2) is 29.3 Å². The van der Waals surface area contributed by atoms with Gasteiger partial charge in [-0.15, -0.1) is 11.8 Å². The molecule has 0 unspecified atom stereocenters. The fourth-order valence-corrected chi connectivity index (χ4v) is 3.01. The van der Waals surface area contributed by atoms with Crippen LogP contribution in [0.4, 0.5) is 0 Å². The van der Waals surface area contributed by atoms with Gasteiger partial charge in [-0.1, -0.05) is 42.0 Å². The number of ether oxygens (including phenoxy) is 1. The molecular formula is C19H21NO4S. The van der Waals surface area contributed by atoms with Gasteiger partial charge in [0.25, 0.3) is 0 Å². The van der Waals surface area contributed by atoms with E-state index in [0.29, 0.717) is 18.0 Å².